The highest BCUT2D eigenvalue weighted by atomic mass is 16.3. The van der Waals surface area contributed by atoms with E-state index in [2.05, 4.69) is 46.5 Å². The van der Waals surface area contributed by atoms with E-state index in [1.54, 1.807) is 0 Å². The molecule has 0 spiro atoms. The third-order valence-corrected chi connectivity index (χ3v) is 3.17. The third-order valence-electron chi connectivity index (χ3n) is 3.17. The third kappa shape index (κ3) is 1.25. The molecule has 3 heterocycles. The molecule has 1 aromatic carbocycles. The molecular formula is C14H10N2O. The molecule has 0 saturated heterocycles. The number of allylic oxidation sites excluding steroid dienone is 3. The van der Waals surface area contributed by atoms with Crippen molar-refractivity contribution in [3.8, 4) is 0 Å². The van der Waals surface area contributed by atoms with Gasteiger partial charge in [0.1, 0.15) is 5.52 Å². The number of fused-ring (bicyclic) bond motifs is 3. The maximum atomic E-state index is 5.33. The van der Waals surface area contributed by atoms with Crippen LogP contribution in [0.15, 0.2) is 46.9 Å². The summed E-state index contributed by atoms with van der Waals surface area (Å²) in [5, 5.41) is 2.38. The molecule has 82 valence electrons. The number of nitrogens with zero attached hydrogens (tertiary/aromatic N) is 2. The van der Waals surface area contributed by atoms with Crippen LogP contribution in [0.25, 0.3) is 23.4 Å². The first-order chi connectivity index (χ1) is 8.40. The topological polar surface area (TPSA) is 29.3 Å². The van der Waals surface area contributed by atoms with Crippen LogP contribution in [0.2, 0.25) is 0 Å². The smallest absolute Gasteiger partial charge is 0.181 e. The van der Waals surface area contributed by atoms with Gasteiger partial charge in [-0.15, -0.1) is 0 Å². The van der Waals surface area contributed by atoms with Gasteiger partial charge in [-0.25, -0.2) is 4.98 Å². The van der Waals surface area contributed by atoms with E-state index in [1.807, 2.05) is 6.07 Å². The highest BCUT2D eigenvalue weighted by molar-refractivity contribution is 5.74. The Kier molecular flexibility index (Phi) is 1.61. The van der Waals surface area contributed by atoms with Crippen LogP contribution in [0.3, 0.4) is 0 Å². The van der Waals surface area contributed by atoms with Gasteiger partial charge < -0.3 is 9.32 Å². The molecule has 0 aliphatic carbocycles. The number of oxazole rings is 1. The van der Waals surface area contributed by atoms with Crippen molar-refractivity contribution in [3.05, 3.63) is 52.9 Å². The second-order valence-corrected chi connectivity index (χ2v) is 4.25. The maximum Gasteiger partial charge on any atom is 0.181 e. The minimum absolute atomic E-state index is 0.841. The van der Waals surface area contributed by atoms with E-state index in [4.69, 9.17) is 4.42 Å². The minimum atomic E-state index is 0.841. The second-order valence-electron chi connectivity index (χ2n) is 4.25. The Labute approximate surface area is 97.7 Å². The van der Waals surface area contributed by atoms with E-state index in [0.717, 1.165) is 17.6 Å². The molecule has 1 aromatic heterocycles. The minimum Gasteiger partial charge on any atom is -0.443 e. The molecule has 0 bridgehead atoms. The Hall–Kier alpha value is -2.29. The molecule has 2 aromatic rings. The molecular weight excluding hydrogens is 212 g/mol. The molecule has 2 aliphatic heterocycles. The van der Waals surface area contributed by atoms with E-state index < -0.39 is 0 Å². The largest absolute Gasteiger partial charge is 0.443 e. The summed E-state index contributed by atoms with van der Waals surface area (Å²) < 4.78 is 5.33. The van der Waals surface area contributed by atoms with Gasteiger partial charge in [0.15, 0.2) is 12.0 Å². The summed E-state index contributed by atoms with van der Waals surface area (Å²) in [6.07, 6.45) is 12.2. The average Bonchev–Trinajstić information content (AvgIpc) is 2.80. The van der Waals surface area contributed by atoms with Crippen molar-refractivity contribution in [1.82, 2.24) is 9.88 Å². The van der Waals surface area contributed by atoms with Crippen molar-refractivity contribution in [3.63, 3.8) is 0 Å². The number of benzene rings is 1. The first-order valence-corrected chi connectivity index (χ1v) is 5.60. The summed E-state index contributed by atoms with van der Waals surface area (Å²) in [4.78, 5) is 6.41. The Morgan fingerprint density at radius 3 is 3.24 bits per heavy atom. The number of aromatic nitrogens is 1. The molecule has 0 atom stereocenters. The van der Waals surface area contributed by atoms with Gasteiger partial charge in [0, 0.05) is 23.7 Å². The van der Waals surface area contributed by atoms with Crippen molar-refractivity contribution < 1.29 is 4.42 Å². The highest BCUT2D eigenvalue weighted by Gasteiger charge is 2.10. The molecule has 3 heteroatoms. The van der Waals surface area contributed by atoms with Gasteiger partial charge in [-0.2, -0.15) is 0 Å². The van der Waals surface area contributed by atoms with Crippen LogP contribution >= 0.6 is 0 Å². The quantitative estimate of drug-likeness (QED) is 0.669. The molecule has 0 N–H and O–H groups in total. The van der Waals surface area contributed by atoms with Crippen LogP contribution in [0, 0.1) is 0 Å². The van der Waals surface area contributed by atoms with Gasteiger partial charge in [0.25, 0.3) is 0 Å². The van der Waals surface area contributed by atoms with Crippen molar-refractivity contribution >= 4 is 23.4 Å². The maximum absolute atomic E-state index is 5.33. The molecule has 17 heavy (non-hydrogen) atoms. The van der Waals surface area contributed by atoms with Gasteiger partial charge in [0.05, 0.1) is 0 Å². The zero-order chi connectivity index (χ0) is 11.2. The summed E-state index contributed by atoms with van der Waals surface area (Å²) >= 11 is 0. The predicted molar refractivity (Wildman–Crippen MR) is 66.1 cm³/mol. The predicted octanol–water partition coefficient (Wildman–Crippen LogP) is 1.12. The van der Waals surface area contributed by atoms with Gasteiger partial charge in [0.2, 0.25) is 0 Å². The SMILES string of the molecule is C1=CCN2C=c3cc4ocnc4cc3=CC2=C1. The highest BCUT2D eigenvalue weighted by Crippen LogP contribution is 2.14. The number of hydrogen-bond donors (Lipinski definition) is 0. The lowest BCUT2D eigenvalue weighted by Gasteiger charge is -2.24. The van der Waals surface area contributed by atoms with E-state index in [9.17, 15) is 0 Å². The van der Waals surface area contributed by atoms with Crippen molar-refractivity contribution in [2.75, 3.05) is 6.54 Å². The second kappa shape index (κ2) is 3.10. The lowest BCUT2D eigenvalue weighted by atomic mass is 10.1. The zero-order valence-corrected chi connectivity index (χ0v) is 9.13. The van der Waals surface area contributed by atoms with Crippen LogP contribution in [0.5, 0.6) is 0 Å². The Balaban J connectivity index is 2.09. The van der Waals surface area contributed by atoms with Gasteiger partial charge >= 0.3 is 0 Å². The lowest BCUT2D eigenvalue weighted by Crippen LogP contribution is -2.34. The van der Waals surface area contributed by atoms with Crippen LogP contribution in [0.1, 0.15) is 0 Å². The standard InChI is InChI=1S/C14H10N2O/c1-2-4-16-8-11-7-14-13(15-9-17-14)6-10(11)5-12(16)3-1/h1-3,5-9H,4H2. The fourth-order valence-corrected chi connectivity index (χ4v) is 2.30. The van der Waals surface area contributed by atoms with Gasteiger partial charge in [-0.05, 0) is 29.5 Å². The van der Waals surface area contributed by atoms with Crippen LogP contribution in [-0.4, -0.2) is 16.4 Å². The Bertz CT molecular complexity index is 780. The van der Waals surface area contributed by atoms with Crippen molar-refractivity contribution in [1.29, 1.82) is 0 Å². The summed E-state index contributed by atoms with van der Waals surface area (Å²) in [7, 11) is 0. The van der Waals surface area contributed by atoms with Gasteiger partial charge in [-0.1, -0.05) is 12.2 Å². The van der Waals surface area contributed by atoms with E-state index in [-0.39, 0.29) is 0 Å². The normalized spacial score (nSPS) is 16.9. The molecule has 3 nitrogen and oxygen atoms in total. The first-order valence-electron chi connectivity index (χ1n) is 5.60. The molecule has 0 unspecified atom stereocenters. The number of hydrogen-bond acceptors (Lipinski definition) is 3. The van der Waals surface area contributed by atoms with Crippen molar-refractivity contribution in [2.45, 2.75) is 0 Å². The lowest BCUT2D eigenvalue weighted by molar-refractivity contribution is 0.576. The summed E-state index contributed by atoms with van der Waals surface area (Å²) in [5.41, 5.74) is 2.98. The molecule has 4 rings (SSSR count). The molecule has 2 aliphatic rings. The Morgan fingerprint density at radius 2 is 2.24 bits per heavy atom. The zero-order valence-electron chi connectivity index (χ0n) is 9.13. The monoisotopic (exact) mass is 222 g/mol. The molecule has 0 fully saturated rings. The van der Waals surface area contributed by atoms with Crippen LogP contribution in [-0.2, 0) is 0 Å². The number of rotatable bonds is 0. The summed E-state index contributed by atoms with van der Waals surface area (Å²) in [6, 6.07) is 4.12. The fraction of sp³-hybridized carbons (Fsp3) is 0.0714. The van der Waals surface area contributed by atoms with E-state index in [1.165, 1.54) is 22.5 Å². The first kappa shape index (κ1) is 8.82. The summed E-state index contributed by atoms with van der Waals surface area (Å²) in [5.74, 6) is 0. The van der Waals surface area contributed by atoms with E-state index in [0.29, 0.717) is 0 Å². The van der Waals surface area contributed by atoms with E-state index >= 15 is 0 Å². The van der Waals surface area contributed by atoms with Crippen LogP contribution in [0.4, 0.5) is 0 Å². The van der Waals surface area contributed by atoms with Crippen molar-refractivity contribution in [2.24, 2.45) is 0 Å². The average molecular weight is 222 g/mol. The summed E-state index contributed by atoms with van der Waals surface area (Å²) in [6.45, 7) is 0.927. The fourth-order valence-electron chi connectivity index (χ4n) is 2.30. The Morgan fingerprint density at radius 1 is 1.24 bits per heavy atom. The van der Waals surface area contributed by atoms with Gasteiger partial charge in [-0.3, -0.25) is 0 Å². The molecule has 0 radical (unpaired) electrons. The molecule has 0 saturated carbocycles. The molecule has 0 amide bonds. The van der Waals surface area contributed by atoms with Crippen LogP contribution < -0.4 is 10.4 Å².